The largest absolute Gasteiger partial charge is 0.445 e. The van der Waals surface area contributed by atoms with Crippen LogP contribution in [0, 0.1) is 0 Å². The standard InChI is InChI=1S/C14H17N3O3/c18-13-6-15-11-7-17(8-12(11)16-13)14(19)20-9-10-4-2-1-3-5-10/h1-5,11-12,15H,6-9H2,(H,16,18). The van der Waals surface area contributed by atoms with Gasteiger partial charge in [0, 0.05) is 19.1 Å². The molecule has 2 N–H and O–H groups in total. The highest BCUT2D eigenvalue weighted by atomic mass is 16.6. The summed E-state index contributed by atoms with van der Waals surface area (Å²) in [5.41, 5.74) is 0.962. The lowest BCUT2D eigenvalue weighted by Gasteiger charge is -2.25. The Labute approximate surface area is 117 Å². The van der Waals surface area contributed by atoms with Crippen molar-refractivity contribution in [3.63, 3.8) is 0 Å². The average Bonchev–Trinajstić information content (AvgIpc) is 2.89. The number of amides is 2. The van der Waals surface area contributed by atoms with Crippen molar-refractivity contribution in [1.82, 2.24) is 15.5 Å². The van der Waals surface area contributed by atoms with E-state index in [2.05, 4.69) is 10.6 Å². The third-order valence-electron chi connectivity index (χ3n) is 3.65. The van der Waals surface area contributed by atoms with Gasteiger partial charge in [0.25, 0.3) is 0 Å². The van der Waals surface area contributed by atoms with Gasteiger partial charge < -0.3 is 20.3 Å². The Kier molecular flexibility index (Phi) is 3.56. The van der Waals surface area contributed by atoms with Crippen LogP contribution < -0.4 is 10.6 Å². The number of likely N-dealkylation sites (tertiary alicyclic amines) is 1. The molecule has 2 amide bonds. The minimum Gasteiger partial charge on any atom is -0.445 e. The maximum atomic E-state index is 12.0. The number of rotatable bonds is 2. The topological polar surface area (TPSA) is 70.7 Å². The number of hydrogen-bond donors (Lipinski definition) is 2. The maximum Gasteiger partial charge on any atom is 0.410 e. The molecule has 2 aliphatic rings. The van der Waals surface area contributed by atoms with Gasteiger partial charge in [0.15, 0.2) is 0 Å². The highest BCUT2D eigenvalue weighted by Crippen LogP contribution is 2.14. The molecule has 1 aromatic rings. The molecule has 0 aliphatic carbocycles. The summed E-state index contributed by atoms with van der Waals surface area (Å²) in [4.78, 5) is 24.9. The lowest BCUT2D eigenvalue weighted by atomic mass is 10.1. The first-order valence-corrected chi connectivity index (χ1v) is 6.71. The molecular weight excluding hydrogens is 258 g/mol. The zero-order chi connectivity index (χ0) is 13.9. The van der Waals surface area contributed by atoms with E-state index >= 15 is 0 Å². The number of fused-ring (bicyclic) bond motifs is 1. The molecule has 0 saturated carbocycles. The van der Waals surface area contributed by atoms with Gasteiger partial charge in [-0.1, -0.05) is 30.3 Å². The van der Waals surface area contributed by atoms with Crippen molar-refractivity contribution in [2.24, 2.45) is 0 Å². The van der Waals surface area contributed by atoms with Crippen LogP contribution in [0.25, 0.3) is 0 Å². The fraction of sp³-hybridized carbons (Fsp3) is 0.429. The maximum absolute atomic E-state index is 12.0. The number of benzene rings is 1. The van der Waals surface area contributed by atoms with Gasteiger partial charge in [-0.2, -0.15) is 0 Å². The van der Waals surface area contributed by atoms with E-state index in [1.165, 1.54) is 0 Å². The van der Waals surface area contributed by atoms with E-state index in [0.29, 0.717) is 19.6 Å². The van der Waals surface area contributed by atoms with Crippen molar-refractivity contribution in [3.8, 4) is 0 Å². The van der Waals surface area contributed by atoms with Crippen LogP contribution in [0.2, 0.25) is 0 Å². The fourth-order valence-electron chi connectivity index (χ4n) is 2.60. The van der Waals surface area contributed by atoms with Crippen molar-refractivity contribution in [1.29, 1.82) is 0 Å². The number of nitrogens with one attached hydrogen (secondary N) is 2. The first-order chi connectivity index (χ1) is 9.72. The van der Waals surface area contributed by atoms with Crippen LogP contribution in [-0.2, 0) is 16.1 Å². The van der Waals surface area contributed by atoms with Crippen LogP contribution in [0.5, 0.6) is 0 Å². The molecule has 3 rings (SSSR count). The van der Waals surface area contributed by atoms with Gasteiger partial charge in [0.2, 0.25) is 5.91 Å². The molecule has 0 aromatic heterocycles. The van der Waals surface area contributed by atoms with Crippen LogP contribution in [0.15, 0.2) is 30.3 Å². The molecule has 2 atom stereocenters. The fourth-order valence-corrected chi connectivity index (χ4v) is 2.60. The van der Waals surface area contributed by atoms with Gasteiger partial charge >= 0.3 is 6.09 Å². The van der Waals surface area contributed by atoms with Gasteiger partial charge in [0.1, 0.15) is 6.61 Å². The van der Waals surface area contributed by atoms with E-state index in [1.807, 2.05) is 30.3 Å². The molecule has 106 valence electrons. The van der Waals surface area contributed by atoms with E-state index < -0.39 is 0 Å². The summed E-state index contributed by atoms with van der Waals surface area (Å²) < 4.78 is 5.29. The molecular formula is C14H17N3O3. The normalized spacial score (nSPS) is 25.0. The second kappa shape index (κ2) is 5.50. The van der Waals surface area contributed by atoms with Gasteiger partial charge in [0.05, 0.1) is 12.6 Å². The average molecular weight is 275 g/mol. The molecule has 2 fully saturated rings. The van der Waals surface area contributed by atoms with Crippen molar-refractivity contribution in [2.75, 3.05) is 19.6 Å². The van der Waals surface area contributed by atoms with Gasteiger partial charge in [-0.3, -0.25) is 4.79 Å². The number of ether oxygens (including phenoxy) is 1. The van der Waals surface area contributed by atoms with Crippen molar-refractivity contribution in [2.45, 2.75) is 18.7 Å². The van der Waals surface area contributed by atoms with Gasteiger partial charge in [-0.15, -0.1) is 0 Å². The van der Waals surface area contributed by atoms with Gasteiger partial charge in [-0.25, -0.2) is 4.79 Å². The second-order valence-electron chi connectivity index (χ2n) is 5.11. The highest BCUT2D eigenvalue weighted by molar-refractivity contribution is 5.80. The Morgan fingerprint density at radius 3 is 2.80 bits per heavy atom. The number of nitrogens with zero attached hydrogens (tertiary/aromatic N) is 1. The highest BCUT2D eigenvalue weighted by Gasteiger charge is 2.39. The molecule has 2 saturated heterocycles. The van der Waals surface area contributed by atoms with Gasteiger partial charge in [-0.05, 0) is 5.56 Å². The molecule has 0 spiro atoms. The second-order valence-corrected chi connectivity index (χ2v) is 5.11. The minimum atomic E-state index is -0.334. The number of carbonyl (C=O) groups excluding carboxylic acids is 2. The van der Waals surface area contributed by atoms with Crippen LogP contribution in [-0.4, -0.2) is 48.6 Å². The molecule has 6 heteroatoms. The lowest BCUT2D eigenvalue weighted by Crippen LogP contribution is -2.58. The van der Waals surface area contributed by atoms with Crippen LogP contribution in [0.3, 0.4) is 0 Å². The number of piperazine rings is 1. The molecule has 2 heterocycles. The first-order valence-electron chi connectivity index (χ1n) is 6.71. The van der Waals surface area contributed by atoms with Crippen LogP contribution in [0.1, 0.15) is 5.56 Å². The third kappa shape index (κ3) is 2.75. The molecule has 2 aliphatic heterocycles. The Bertz CT molecular complexity index is 506. The molecule has 6 nitrogen and oxygen atoms in total. The summed E-state index contributed by atoms with van der Waals surface area (Å²) in [6.07, 6.45) is -0.334. The Morgan fingerprint density at radius 2 is 2.00 bits per heavy atom. The predicted molar refractivity (Wildman–Crippen MR) is 71.9 cm³/mol. The molecule has 2 unspecified atom stereocenters. The van der Waals surface area contributed by atoms with Crippen molar-refractivity contribution in [3.05, 3.63) is 35.9 Å². The molecule has 0 bridgehead atoms. The van der Waals surface area contributed by atoms with E-state index in [9.17, 15) is 9.59 Å². The quantitative estimate of drug-likeness (QED) is 0.803. The number of hydrogen-bond acceptors (Lipinski definition) is 4. The SMILES string of the molecule is O=C1CNC2CN(C(=O)OCc3ccccc3)CC2N1. The Balaban J connectivity index is 1.52. The van der Waals surface area contributed by atoms with E-state index in [-0.39, 0.29) is 30.7 Å². The zero-order valence-electron chi connectivity index (χ0n) is 11.0. The Morgan fingerprint density at radius 1 is 1.25 bits per heavy atom. The summed E-state index contributed by atoms with van der Waals surface area (Å²) in [5, 5.41) is 6.01. The van der Waals surface area contributed by atoms with Crippen LogP contribution in [0.4, 0.5) is 4.79 Å². The summed E-state index contributed by atoms with van der Waals surface area (Å²) >= 11 is 0. The summed E-state index contributed by atoms with van der Waals surface area (Å²) in [7, 11) is 0. The van der Waals surface area contributed by atoms with E-state index in [4.69, 9.17) is 4.74 Å². The van der Waals surface area contributed by atoms with Crippen molar-refractivity contribution >= 4 is 12.0 Å². The smallest absolute Gasteiger partial charge is 0.410 e. The molecule has 20 heavy (non-hydrogen) atoms. The minimum absolute atomic E-state index is 0.0134. The summed E-state index contributed by atoms with van der Waals surface area (Å²) in [6.45, 7) is 1.65. The number of carbonyl (C=O) groups is 2. The third-order valence-corrected chi connectivity index (χ3v) is 3.65. The Hall–Kier alpha value is -2.08. The molecule has 0 radical (unpaired) electrons. The summed E-state index contributed by atoms with van der Waals surface area (Å²) in [5.74, 6) is -0.0225. The van der Waals surface area contributed by atoms with E-state index in [0.717, 1.165) is 5.56 Å². The monoisotopic (exact) mass is 275 g/mol. The predicted octanol–water partition coefficient (Wildman–Crippen LogP) is 0.0954. The zero-order valence-corrected chi connectivity index (χ0v) is 11.0. The lowest BCUT2D eigenvalue weighted by molar-refractivity contribution is -0.122. The van der Waals surface area contributed by atoms with Crippen molar-refractivity contribution < 1.29 is 14.3 Å². The van der Waals surface area contributed by atoms with E-state index in [1.54, 1.807) is 4.90 Å². The first kappa shape index (κ1) is 12.9. The summed E-state index contributed by atoms with van der Waals surface area (Å²) in [6, 6.07) is 9.68. The molecule has 1 aromatic carbocycles. The van der Waals surface area contributed by atoms with Crippen LogP contribution >= 0.6 is 0 Å².